The van der Waals surface area contributed by atoms with Crippen molar-refractivity contribution in [1.29, 1.82) is 0 Å². The third-order valence-electron chi connectivity index (χ3n) is 11.0. The number of unbranched alkanes of at least 4 members (excludes halogenated alkanes) is 2. The maximum absolute atomic E-state index is 13.6. The maximum atomic E-state index is 13.6. The topological polar surface area (TPSA) is 266 Å². The molecule has 360 valence electrons. The van der Waals surface area contributed by atoms with Gasteiger partial charge in [-0.05, 0) is 61.1 Å². The largest absolute Gasteiger partial charge is 0.445 e. The minimum atomic E-state index is -1.03. The zero-order chi connectivity index (χ0) is 47.9. The van der Waals surface area contributed by atoms with Crippen molar-refractivity contribution in [2.75, 3.05) is 57.9 Å². The fourth-order valence-corrected chi connectivity index (χ4v) is 6.45. The summed E-state index contributed by atoms with van der Waals surface area (Å²) in [6, 6.07) is 3.89. The SMILES string of the molecule is CCC(C)(C)C(=O)NCCOCCOCCNC(=O)OCc1ccc(NC(=O)[C@@H](CCCNC(N)=O)NC(=O)C(NC(=O)CCCCCN2C(=O)CC(C(C)(C)C)C2=O)C(C)C)cc1. The molecule has 1 heterocycles. The number of nitrogens with zero attached hydrogens (tertiary/aromatic N) is 1. The molecule has 1 saturated heterocycles. The van der Waals surface area contributed by atoms with Crippen LogP contribution in [0, 0.1) is 22.7 Å². The number of likely N-dealkylation sites (tertiary alicyclic amines) is 1. The van der Waals surface area contributed by atoms with Crippen molar-refractivity contribution < 1.29 is 52.6 Å². The van der Waals surface area contributed by atoms with Crippen LogP contribution in [-0.4, -0.2) is 117 Å². The molecule has 0 saturated carbocycles. The Morgan fingerprint density at radius 2 is 1.44 bits per heavy atom. The van der Waals surface area contributed by atoms with E-state index in [9.17, 15) is 38.4 Å². The second-order valence-electron chi connectivity index (χ2n) is 18.0. The van der Waals surface area contributed by atoms with Crippen molar-refractivity contribution in [1.82, 2.24) is 31.5 Å². The number of ether oxygens (including phenoxy) is 3. The average Bonchev–Trinajstić information content (AvgIpc) is 3.53. The summed E-state index contributed by atoms with van der Waals surface area (Å²) in [7, 11) is 0. The normalized spacial score (nSPS) is 15.0. The molecule has 1 fully saturated rings. The Kier molecular flexibility index (Phi) is 23.8. The maximum Gasteiger partial charge on any atom is 0.407 e. The first-order valence-electron chi connectivity index (χ1n) is 22.4. The Morgan fingerprint density at radius 3 is 2.02 bits per heavy atom. The van der Waals surface area contributed by atoms with Crippen LogP contribution >= 0.6 is 0 Å². The fraction of sp³-hybridized carbons (Fsp3) is 0.689. The van der Waals surface area contributed by atoms with Crippen LogP contribution in [0.15, 0.2) is 24.3 Å². The standard InChI is InChI=1S/C45H74N8O11/c1-9-45(7,8)41(59)47-21-24-62-26-27-63-25-22-49-43(61)64-29-31-16-18-32(19-17-31)50-38(56)34(14-13-20-48-42(46)60)51-39(57)37(30(2)3)52-35(54)15-11-10-12-23-53-36(55)28-33(40(53)58)44(4,5)6/h16-19,30,33-34,37H,9-15,20-29H2,1-8H3,(H,47,59)(H,49,61)(H,50,56)(H,51,57)(H,52,54)(H3,46,48,60)/t33?,34-,37?/m1/s1. The number of carbonyl (C=O) groups excluding carboxylic acids is 8. The Hall–Kier alpha value is -5.30. The van der Waals surface area contributed by atoms with Crippen molar-refractivity contribution in [3.8, 4) is 0 Å². The summed E-state index contributed by atoms with van der Waals surface area (Å²) in [5, 5.41) is 16.3. The van der Waals surface area contributed by atoms with Crippen molar-refractivity contribution in [3.63, 3.8) is 0 Å². The van der Waals surface area contributed by atoms with E-state index in [4.69, 9.17) is 19.9 Å². The van der Waals surface area contributed by atoms with E-state index in [-0.39, 0.29) is 86.4 Å². The van der Waals surface area contributed by atoms with Crippen LogP contribution in [0.4, 0.5) is 15.3 Å². The molecule has 1 aromatic carbocycles. The van der Waals surface area contributed by atoms with Crippen LogP contribution in [0.25, 0.3) is 0 Å². The number of benzene rings is 1. The predicted molar refractivity (Wildman–Crippen MR) is 240 cm³/mol. The molecule has 2 unspecified atom stereocenters. The number of nitrogens with one attached hydrogen (secondary N) is 6. The minimum absolute atomic E-state index is 0.0145. The molecule has 0 bridgehead atoms. The van der Waals surface area contributed by atoms with Gasteiger partial charge in [0.05, 0.1) is 32.3 Å². The molecule has 0 aromatic heterocycles. The molecule has 9 amide bonds. The molecule has 19 heteroatoms. The summed E-state index contributed by atoms with van der Waals surface area (Å²) < 4.78 is 16.2. The van der Waals surface area contributed by atoms with E-state index in [2.05, 4.69) is 31.9 Å². The van der Waals surface area contributed by atoms with E-state index < -0.39 is 41.4 Å². The van der Waals surface area contributed by atoms with E-state index in [0.717, 1.165) is 6.42 Å². The summed E-state index contributed by atoms with van der Waals surface area (Å²) in [6.07, 6.45) is 2.56. The molecule has 0 aliphatic carbocycles. The summed E-state index contributed by atoms with van der Waals surface area (Å²) in [5.41, 5.74) is 5.54. The van der Waals surface area contributed by atoms with Gasteiger partial charge in [-0.2, -0.15) is 0 Å². The first-order valence-corrected chi connectivity index (χ1v) is 22.4. The highest BCUT2D eigenvalue weighted by molar-refractivity contribution is 6.04. The van der Waals surface area contributed by atoms with Crippen LogP contribution in [0.1, 0.15) is 112 Å². The van der Waals surface area contributed by atoms with Gasteiger partial charge in [0.25, 0.3) is 0 Å². The Bertz CT molecular complexity index is 1700. The first kappa shape index (κ1) is 54.8. The van der Waals surface area contributed by atoms with Gasteiger partial charge in [-0.1, -0.05) is 73.9 Å². The van der Waals surface area contributed by atoms with Gasteiger partial charge in [-0.25, -0.2) is 9.59 Å². The van der Waals surface area contributed by atoms with Gasteiger partial charge >= 0.3 is 12.1 Å². The highest BCUT2D eigenvalue weighted by Gasteiger charge is 2.44. The Labute approximate surface area is 378 Å². The van der Waals surface area contributed by atoms with Crippen LogP contribution in [0.2, 0.25) is 0 Å². The Morgan fingerprint density at radius 1 is 0.797 bits per heavy atom. The van der Waals surface area contributed by atoms with E-state index in [1.165, 1.54) is 4.90 Å². The molecule has 3 atom stereocenters. The number of anilines is 1. The van der Waals surface area contributed by atoms with Crippen LogP contribution in [-0.2, 0) is 49.6 Å². The third kappa shape index (κ3) is 20.5. The predicted octanol–water partition coefficient (Wildman–Crippen LogP) is 3.49. The lowest BCUT2D eigenvalue weighted by atomic mass is 9.80. The molecule has 19 nitrogen and oxygen atoms in total. The molecular weight excluding hydrogens is 829 g/mol. The number of amides is 9. The van der Waals surface area contributed by atoms with E-state index in [1.807, 2.05) is 41.5 Å². The smallest absolute Gasteiger partial charge is 0.407 e. The van der Waals surface area contributed by atoms with E-state index >= 15 is 0 Å². The van der Waals surface area contributed by atoms with E-state index in [1.54, 1.807) is 38.1 Å². The van der Waals surface area contributed by atoms with Gasteiger partial charge < -0.3 is 51.8 Å². The summed E-state index contributed by atoms with van der Waals surface area (Å²) in [4.78, 5) is 102. The minimum Gasteiger partial charge on any atom is -0.445 e. The molecule has 8 N–H and O–H groups in total. The van der Waals surface area contributed by atoms with Crippen molar-refractivity contribution in [2.45, 2.75) is 125 Å². The van der Waals surface area contributed by atoms with Gasteiger partial charge in [0.1, 0.15) is 18.7 Å². The fourth-order valence-electron chi connectivity index (χ4n) is 6.45. The third-order valence-corrected chi connectivity index (χ3v) is 11.0. The molecule has 0 spiro atoms. The quantitative estimate of drug-likeness (QED) is 0.0452. The summed E-state index contributed by atoms with van der Waals surface area (Å²) >= 11 is 0. The number of nitrogens with two attached hydrogens (primary N) is 1. The molecule has 1 aliphatic heterocycles. The highest BCUT2D eigenvalue weighted by Crippen LogP contribution is 2.35. The number of hydrogen-bond acceptors (Lipinski definition) is 11. The van der Waals surface area contributed by atoms with Gasteiger partial charge in [0.15, 0.2) is 0 Å². The number of urea groups is 1. The zero-order valence-electron chi connectivity index (χ0n) is 39.2. The molecule has 64 heavy (non-hydrogen) atoms. The van der Waals surface area contributed by atoms with Crippen molar-refractivity contribution in [2.24, 2.45) is 28.4 Å². The number of rotatable bonds is 29. The molecule has 1 aliphatic rings. The lowest BCUT2D eigenvalue weighted by molar-refractivity contribution is -0.140. The van der Waals surface area contributed by atoms with Crippen LogP contribution in [0.5, 0.6) is 0 Å². The Balaban J connectivity index is 1.79. The van der Waals surface area contributed by atoms with Crippen molar-refractivity contribution >= 4 is 53.3 Å². The van der Waals surface area contributed by atoms with Gasteiger partial charge in [-0.15, -0.1) is 0 Å². The second kappa shape index (κ2) is 27.8. The lowest BCUT2D eigenvalue weighted by Crippen LogP contribution is -2.54. The number of carbonyl (C=O) groups is 8. The van der Waals surface area contributed by atoms with Gasteiger partial charge in [-0.3, -0.25) is 33.7 Å². The van der Waals surface area contributed by atoms with Crippen molar-refractivity contribution in [3.05, 3.63) is 29.8 Å². The monoisotopic (exact) mass is 903 g/mol. The summed E-state index contributed by atoms with van der Waals surface area (Å²) in [5.74, 6) is -2.41. The molecule has 2 rings (SSSR count). The molecule has 1 aromatic rings. The first-order chi connectivity index (χ1) is 30.2. The average molecular weight is 903 g/mol. The van der Waals surface area contributed by atoms with Crippen LogP contribution in [0.3, 0.4) is 0 Å². The molecular formula is C45H74N8O11. The summed E-state index contributed by atoms with van der Waals surface area (Å²) in [6.45, 7) is 17.5. The number of alkyl carbamates (subject to hydrolysis) is 1. The van der Waals surface area contributed by atoms with E-state index in [0.29, 0.717) is 69.8 Å². The highest BCUT2D eigenvalue weighted by atomic mass is 16.5. The molecule has 0 radical (unpaired) electrons. The lowest BCUT2D eigenvalue weighted by Gasteiger charge is -2.25. The number of hydrogen-bond donors (Lipinski definition) is 7. The van der Waals surface area contributed by atoms with Gasteiger partial charge in [0.2, 0.25) is 35.4 Å². The second-order valence-corrected chi connectivity index (χ2v) is 18.0. The number of primary amides is 1. The van der Waals surface area contributed by atoms with Crippen LogP contribution < -0.4 is 37.6 Å². The number of imide groups is 1. The zero-order valence-corrected chi connectivity index (χ0v) is 39.2. The van der Waals surface area contributed by atoms with Gasteiger partial charge in [0, 0.05) is 50.1 Å².